The molecule has 0 saturated carbocycles. The second kappa shape index (κ2) is 5.87. The van der Waals surface area contributed by atoms with Gasteiger partial charge in [0.2, 0.25) is 0 Å². The molecule has 0 aromatic heterocycles. The lowest BCUT2D eigenvalue weighted by molar-refractivity contribution is 0.120. The van der Waals surface area contributed by atoms with E-state index < -0.39 is 16.3 Å². The third-order valence-corrected chi connectivity index (χ3v) is 5.41. The Morgan fingerprint density at radius 1 is 1.45 bits per heavy atom. The van der Waals surface area contributed by atoms with Gasteiger partial charge < -0.3 is 10.1 Å². The molecule has 7 nitrogen and oxygen atoms in total. The molecule has 2 aliphatic rings. The van der Waals surface area contributed by atoms with E-state index in [1.807, 2.05) is 11.6 Å². The minimum absolute atomic E-state index is 0.0562. The molecule has 3 atom stereocenters. The van der Waals surface area contributed by atoms with Crippen molar-refractivity contribution >= 4 is 16.3 Å². The van der Waals surface area contributed by atoms with E-state index in [0.717, 1.165) is 19.5 Å². The Hall–Kier alpha value is -0.860. The van der Waals surface area contributed by atoms with Gasteiger partial charge in [0.25, 0.3) is 0 Å². The maximum Gasteiger partial charge on any atom is 0.422 e. The zero-order valence-electron chi connectivity index (χ0n) is 12.1. The molecule has 0 radical (unpaired) electrons. The molecule has 2 rings (SSSR count). The first-order valence-electron chi connectivity index (χ1n) is 7.06. The van der Waals surface area contributed by atoms with Crippen molar-refractivity contribution in [1.82, 2.24) is 14.3 Å². The molecular weight excluding hydrogens is 282 g/mol. The minimum Gasteiger partial charge on any atom is -0.446 e. The Labute approximate surface area is 120 Å². The van der Waals surface area contributed by atoms with Crippen LogP contribution in [-0.4, -0.2) is 50.6 Å². The van der Waals surface area contributed by atoms with Crippen LogP contribution < -0.4 is 10.0 Å². The van der Waals surface area contributed by atoms with E-state index in [1.165, 1.54) is 4.31 Å². The fraction of sp³-hybridized carbons (Fsp3) is 0.917. The summed E-state index contributed by atoms with van der Waals surface area (Å²) in [6.07, 6.45) is -0.525. The van der Waals surface area contributed by atoms with E-state index in [9.17, 15) is 13.2 Å². The van der Waals surface area contributed by atoms with Crippen LogP contribution in [0.1, 0.15) is 27.2 Å². The average Bonchev–Trinajstić information content (AvgIpc) is 2.85. The fourth-order valence-electron chi connectivity index (χ4n) is 3.17. The van der Waals surface area contributed by atoms with Crippen LogP contribution in [0, 0.1) is 11.8 Å². The van der Waals surface area contributed by atoms with Crippen LogP contribution in [0.2, 0.25) is 0 Å². The second-order valence-corrected chi connectivity index (χ2v) is 7.31. The van der Waals surface area contributed by atoms with Crippen molar-refractivity contribution in [2.24, 2.45) is 11.8 Å². The third kappa shape index (κ3) is 3.07. The molecule has 1 amide bonds. The minimum atomic E-state index is -3.83. The van der Waals surface area contributed by atoms with Gasteiger partial charge in [0.05, 0.1) is 6.10 Å². The fourth-order valence-corrected chi connectivity index (χ4v) is 4.59. The van der Waals surface area contributed by atoms with E-state index in [2.05, 4.69) is 5.32 Å². The standard InChI is InChI=1S/C12H23N3O4S/c1-4-11-10-6-13-5-9(10)7-15(11)20(17,18)14-12(16)19-8(2)3/h8-11,13H,4-7H2,1-3H3,(H,14,16). The van der Waals surface area contributed by atoms with E-state index in [0.29, 0.717) is 18.4 Å². The van der Waals surface area contributed by atoms with E-state index in [1.54, 1.807) is 13.8 Å². The van der Waals surface area contributed by atoms with Crippen molar-refractivity contribution in [3.63, 3.8) is 0 Å². The van der Waals surface area contributed by atoms with Crippen molar-refractivity contribution in [1.29, 1.82) is 0 Å². The van der Waals surface area contributed by atoms with Crippen LogP contribution in [0.3, 0.4) is 0 Å². The number of rotatable bonds is 4. The Morgan fingerprint density at radius 3 is 2.75 bits per heavy atom. The second-order valence-electron chi connectivity index (χ2n) is 5.69. The zero-order valence-corrected chi connectivity index (χ0v) is 12.9. The molecule has 8 heteroatoms. The van der Waals surface area contributed by atoms with Crippen molar-refractivity contribution < 1.29 is 17.9 Å². The maximum absolute atomic E-state index is 12.3. The Bertz CT molecular complexity index is 465. The number of nitrogens with one attached hydrogen (secondary N) is 2. The number of hydrogen-bond donors (Lipinski definition) is 2. The van der Waals surface area contributed by atoms with E-state index in [-0.39, 0.29) is 12.1 Å². The number of amides is 1. The summed E-state index contributed by atoms with van der Waals surface area (Å²) in [5, 5.41) is 3.29. The van der Waals surface area contributed by atoms with Crippen molar-refractivity contribution in [2.75, 3.05) is 19.6 Å². The zero-order chi connectivity index (χ0) is 14.9. The highest BCUT2D eigenvalue weighted by molar-refractivity contribution is 7.87. The van der Waals surface area contributed by atoms with Gasteiger partial charge in [-0.15, -0.1) is 0 Å². The molecule has 0 spiro atoms. The predicted molar refractivity (Wildman–Crippen MR) is 74.3 cm³/mol. The summed E-state index contributed by atoms with van der Waals surface area (Å²) in [5.41, 5.74) is 0. The molecule has 116 valence electrons. The molecule has 0 aromatic carbocycles. The van der Waals surface area contributed by atoms with Crippen LogP contribution in [0.5, 0.6) is 0 Å². The summed E-state index contributed by atoms with van der Waals surface area (Å²) in [6.45, 7) is 7.45. The smallest absolute Gasteiger partial charge is 0.422 e. The number of carbonyl (C=O) groups is 1. The number of fused-ring (bicyclic) bond motifs is 1. The molecule has 0 aromatic rings. The third-order valence-electron chi connectivity index (χ3n) is 3.95. The summed E-state index contributed by atoms with van der Waals surface area (Å²) in [4.78, 5) is 11.5. The van der Waals surface area contributed by atoms with Gasteiger partial charge in [0, 0.05) is 12.6 Å². The lowest BCUT2D eigenvalue weighted by Crippen LogP contribution is -2.48. The van der Waals surface area contributed by atoms with Gasteiger partial charge in [0.15, 0.2) is 0 Å². The summed E-state index contributed by atoms with van der Waals surface area (Å²) < 4.78 is 32.9. The quantitative estimate of drug-likeness (QED) is 0.780. The largest absolute Gasteiger partial charge is 0.446 e. The summed E-state index contributed by atoms with van der Waals surface area (Å²) in [5.74, 6) is 0.662. The first-order valence-corrected chi connectivity index (χ1v) is 8.50. The van der Waals surface area contributed by atoms with Crippen LogP contribution in [-0.2, 0) is 14.9 Å². The van der Waals surface area contributed by atoms with Gasteiger partial charge in [-0.25, -0.2) is 9.52 Å². The lowest BCUT2D eigenvalue weighted by Gasteiger charge is -2.26. The molecular formula is C12H23N3O4S. The number of carbonyl (C=O) groups excluding carboxylic acids is 1. The van der Waals surface area contributed by atoms with Gasteiger partial charge >= 0.3 is 16.3 Å². The first kappa shape index (κ1) is 15.5. The molecule has 3 unspecified atom stereocenters. The molecule has 2 heterocycles. The number of nitrogens with zero attached hydrogens (tertiary/aromatic N) is 1. The predicted octanol–water partition coefficient (Wildman–Crippen LogP) is 0.296. The van der Waals surface area contributed by atoms with Gasteiger partial charge in [-0.2, -0.15) is 12.7 Å². The van der Waals surface area contributed by atoms with Crippen molar-refractivity contribution in [3.05, 3.63) is 0 Å². The van der Waals surface area contributed by atoms with Gasteiger partial charge in [-0.1, -0.05) is 6.92 Å². The molecule has 2 N–H and O–H groups in total. The van der Waals surface area contributed by atoms with Crippen LogP contribution >= 0.6 is 0 Å². The Balaban J connectivity index is 2.07. The molecule has 2 aliphatic heterocycles. The number of ether oxygens (including phenoxy) is 1. The normalized spacial score (nSPS) is 30.5. The van der Waals surface area contributed by atoms with Crippen molar-refractivity contribution in [3.8, 4) is 0 Å². The van der Waals surface area contributed by atoms with Gasteiger partial charge in [0.1, 0.15) is 0 Å². The van der Waals surface area contributed by atoms with Gasteiger partial charge in [-0.3, -0.25) is 0 Å². The average molecular weight is 305 g/mol. The molecule has 2 fully saturated rings. The maximum atomic E-state index is 12.3. The van der Waals surface area contributed by atoms with Crippen LogP contribution in [0.4, 0.5) is 4.79 Å². The summed E-state index contributed by atoms with van der Waals surface area (Å²) in [7, 11) is -3.83. The lowest BCUT2D eigenvalue weighted by atomic mass is 9.93. The summed E-state index contributed by atoms with van der Waals surface area (Å²) >= 11 is 0. The Kier molecular flexibility index (Phi) is 4.55. The molecule has 2 saturated heterocycles. The topological polar surface area (TPSA) is 87.7 Å². The highest BCUT2D eigenvalue weighted by atomic mass is 32.2. The first-order chi connectivity index (χ1) is 9.35. The summed E-state index contributed by atoms with van der Waals surface area (Å²) in [6, 6.07) is -0.0562. The highest BCUT2D eigenvalue weighted by Gasteiger charge is 2.48. The highest BCUT2D eigenvalue weighted by Crippen LogP contribution is 2.35. The molecule has 20 heavy (non-hydrogen) atoms. The monoisotopic (exact) mass is 305 g/mol. The molecule has 0 bridgehead atoms. The van der Waals surface area contributed by atoms with E-state index >= 15 is 0 Å². The molecule has 0 aliphatic carbocycles. The van der Waals surface area contributed by atoms with Crippen LogP contribution in [0.25, 0.3) is 0 Å². The Morgan fingerprint density at radius 2 is 2.15 bits per heavy atom. The van der Waals surface area contributed by atoms with Crippen LogP contribution in [0.15, 0.2) is 0 Å². The van der Waals surface area contributed by atoms with Gasteiger partial charge in [-0.05, 0) is 45.2 Å². The SMILES string of the molecule is CCC1C2CNCC2CN1S(=O)(=O)NC(=O)OC(C)C. The van der Waals surface area contributed by atoms with E-state index in [4.69, 9.17) is 4.74 Å². The van der Waals surface area contributed by atoms with Crippen molar-refractivity contribution in [2.45, 2.75) is 39.3 Å². The number of hydrogen-bond acceptors (Lipinski definition) is 5.